The van der Waals surface area contributed by atoms with Crippen LogP contribution in [-0.2, 0) is 28.2 Å². The number of nitrogens with one attached hydrogen (secondary N) is 2. The van der Waals surface area contributed by atoms with Crippen molar-refractivity contribution in [1.29, 1.82) is 0 Å². The SMILES string of the molecule is CCNC(=NCc1cccc(COC2CCOCC2)c1)NCC(C)(O)c1ccc(C)o1.I. The Labute approximate surface area is 208 Å². The van der Waals surface area contributed by atoms with Crippen molar-refractivity contribution in [3.63, 3.8) is 0 Å². The molecule has 0 amide bonds. The number of ether oxygens (including phenoxy) is 2. The number of hydrogen-bond acceptors (Lipinski definition) is 5. The molecule has 1 fully saturated rings. The van der Waals surface area contributed by atoms with Crippen LogP contribution < -0.4 is 10.6 Å². The summed E-state index contributed by atoms with van der Waals surface area (Å²) in [5.74, 6) is 1.96. The van der Waals surface area contributed by atoms with Crippen LogP contribution in [0.15, 0.2) is 45.8 Å². The maximum atomic E-state index is 10.7. The fourth-order valence-electron chi connectivity index (χ4n) is 3.45. The van der Waals surface area contributed by atoms with E-state index in [0.29, 0.717) is 24.9 Å². The summed E-state index contributed by atoms with van der Waals surface area (Å²) in [6.45, 7) is 9.31. The summed E-state index contributed by atoms with van der Waals surface area (Å²) < 4.78 is 17.0. The fraction of sp³-hybridized carbons (Fsp3) is 0.542. The summed E-state index contributed by atoms with van der Waals surface area (Å²) in [5, 5.41) is 17.2. The quantitative estimate of drug-likeness (QED) is 0.247. The number of halogens is 1. The molecule has 0 aliphatic carbocycles. The molecular formula is C24H36IN3O4. The normalized spacial score (nSPS) is 16.8. The number of nitrogens with zero attached hydrogens (tertiary/aromatic N) is 1. The van der Waals surface area contributed by atoms with Crippen molar-refractivity contribution < 1.29 is 19.0 Å². The summed E-state index contributed by atoms with van der Waals surface area (Å²) in [4.78, 5) is 4.67. The van der Waals surface area contributed by atoms with Gasteiger partial charge in [0.2, 0.25) is 0 Å². The van der Waals surface area contributed by atoms with Crippen molar-refractivity contribution in [2.45, 2.75) is 58.5 Å². The molecule has 0 bridgehead atoms. The van der Waals surface area contributed by atoms with Crippen LogP contribution in [0.4, 0.5) is 0 Å². The molecule has 1 aliphatic rings. The smallest absolute Gasteiger partial charge is 0.191 e. The second kappa shape index (κ2) is 13.2. The first-order valence-corrected chi connectivity index (χ1v) is 11.0. The van der Waals surface area contributed by atoms with Crippen molar-refractivity contribution >= 4 is 29.9 Å². The molecule has 0 spiro atoms. The molecule has 32 heavy (non-hydrogen) atoms. The second-order valence-corrected chi connectivity index (χ2v) is 8.18. The van der Waals surface area contributed by atoms with Gasteiger partial charge in [-0.3, -0.25) is 0 Å². The minimum atomic E-state index is -1.13. The Morgan fingerprint density at radius 3 is 2.62 bits per heavy atom. The van der Waals surface area contributed by atoms with Gasteiger partial charge in [-0.2, -0.15) is 0 Å². The minimum absolute atomic E-state index is 0. The van der Waals surface area contributed by atoms with Crippen LogP contribution in [0.5, 0.6) is 0 Å². The zero-order chi connectivity index (χ0) is 22.1. The molecule has 2 aromatic rings. The van der Waals surface area contributed by atoms with Crippen LogP contribution in [-0.4, -0.2) is 43.5 Å². The summed E-state index contributed by atoms with van der Waals surface area (Å²) in [7, 11) is 0. The van der Waals surface area contributed by atoms with E-state index in [9.17, 15) is 5.11 Å². The van der Waals surface area contributed by atoms with Crippen LogP contribution in [0.25, 0.3) is 0 Å². The number of aliphatic hydroxyl groups is 1. The van der Waals surface area contributed by atoms with Crippen molar-refractivity contribution in [1.82, 2.24) is 10.6 Å². The largest absolute Gasteiger partial charge is 0.463 e. The third kappa shape index (κ3) is 8.38. The number of benzene rings is 1. The molecule has 7 nitrogen and oxygen atoms in total. The number of guanidine groups is 1. The van der Waals surface area contributed by atoms with E-state index in [-0.39, 0.29) is 36.6 Å². The van der Waals surface area contributed by atoms with Gasteiger partial charge in [-0.1, -0.05) is 24.3 Å². The van der Waals surface area contributed by atoms with Crippen molar-refractivity contribution in [3.05, 3.63) is 59.0 Å². The Morgan fingerprint density at radius 1 is 1.19 bits per heavy atom. The van der Waals surface area contributed by atoms with Crippen molar-refractivity contribution in [3.8, 4) is 0 Å². The maximum absolute atomic E-state index is 10.7. The highest BCUT2D eigenvalue weighted by molar-refractivity contribution is 14.0. The van der Waals surface area contributed by atoms with Gasteiger partial charge in [0, 0.05) is 19.8 Å². The van der Waals surface area contributed by atoms with Crippen LogP contribution in [0.3, 0.4) is 0 Å². The van der Waals surface area contributed by atoms with E-state index in [0.717, 1.165) is 49.5 Å². The number of rotatable bonds is 9. The van der Waals surface area contributed by atoms with E-state index in [4.69, 9.17) is 13.9 Å². The lowest BCUT2D eigenvalue weighted by Gasteiger charge is -2.23. The van der Waals surface area contributed by atoms with Gasteiger partial charge >= 0.3 is 0 Å². The predicted molar refractivity (Wildman–Crippen MR) is 136 cm³/mol. The maximum Gasteiger partial charge on any atom is 0.191 e. The monoisotopic (exact) mass is 557 g/mol. The zero-order valence-corrected chi connectivity index (χ0v) is 21.6. The molecule has 0 radical (unpaired) electrons. The molecule has 1 aromatic carbocycles. The Morgan fingerprint density at radius 2 is 1.94 bits per heavy atom. The topological polar surface area (TPSA) is 88.3 Å². The molecule has 2 heterocycles. The second-order valence-electron chi connectivity index (χ2n) is 8.18. The van der Waals surface area contributed by atoms with E-state index in [1.165, 1.54) is 0 Å². The first-order valence-electron chi connectivity index (χ1n) is 11.0. The lowest BCUT2D eigenvalue weighted by molar-refractivity contribution is -0.0390. The van der Waals surface area contributed by atoms with E-state index in [1.54, 1.807) is 13.0 Å². The van der Waals surface area contributed by atoms with Crippen LogP contribution in [0.1, 0.15) is 49.3 Å². The van der Waals surface area contributed by atoms with Gasteiger partial charge in [-0.05, 0) is 56.9 Å². The average molecular weight is 557 g/mol. The van der Waals surface area contributed by atoms with Crippen LogP contribution in [0.2, 0.25) is 0 Å². The number of aryl methyl sites for hydroxylation is 1. The fourth-order valence-corrected chi connectivity index (χ4v) is 3.45. The number of hydrogen-bond donors (Lipinski definition) is 3. The summed E-state index contributed by atoms with van der Waals surface area (Å²) in [5.41, 5.74) is 1.12. The number of aliphatic imine (C=N–C) groups is 1. The van der Waals surface area contributed by atoms with Gasteiger partial charge in [-0.25, -0.2) is 4.99 Å². The van der Waals surface area contributed by atoms with Gasteiger partial charge in [0.15, 0.2) is 5.96 Å². The third-order valence-corrected chi connectivity index (χ3v) is 5.28. The molecule has 1 unspecified atom stereocenters. The summed E-state index contributed by atoms with van der Waals surface area (Å²) >= 11 is 0. The molecule has 1 atom stereocenters. The van der Waals surface area contributed by atoms with Gasteiger partial charge in [0.05, 0.1) is 25.8 Å². The van der Waals surface area contributed by atoms with E-state index < -0.39 is 5.60 Å². The minimum Gasteiger partial charge on any atom is -0.463 e. The van der Waals surface area contributed by atoms with Gasteiger partial charge < -0.3 is 29.6 Å². The highest BCUT2D eigenvalue weighted by atomic mass is 127. The van der Waals surface area contributed by atoms with E-state index >= 15 is 0 Å². The molecule has 3 rings (SSSR count). The molecule has 1 aliphatic heterocycles. The lowest BCUT2D eigenvalue weighted by Crippen LogP contribution is -2.44. The zero-order valence-electron chi connectivity index (χ0n) is 19.2. The van der Waals surface area contributed by atoms with Crippen LogP contribution in [0, 0.1) is 6.92 Å². The Hall–Kier alpha value is -1.62. The van der Waals surface area contributed by atoms with Gasteiger partial charge in [-0.15, -0.1) is 24.0 Å². The highest BCUT2D eigenvalue weighted by Crippen LogP contribution is 2.22. The van der Waals surface area contributed by atoms with E-state index in [2.05, 4.69) is 33.8 Å². The molecule has 8 heteroatoms. The molecule has 1 aromatic heterocycles. The molecule has 178 valence electrons. The van der Waals surface area contributed by atoms with Gasteiger partial charge in [0.25, 0.3) is 0 Å². The van der Waals surface area contributed by atoms with Crippen LogP contribution >= 0.6 is 24.0 Å². The molecular weight excluding hydrogens is 521 g/mol. The molecule has 1 saturated heterocycles. The molecule has 0 saturated carbocycles. The molecule has 3 N–H and O–H groups in total. The Kier molecular flexibility index (Phi) is 11.0. The Bertz CT molecular complexity index is 847. The standard InChI is InChI=1S/C24H35N3O4.HI/c1-4-25-23(27-17-24(3,28)22-9-8-18(2)31-22)26-15-19-6-5-7-20(14-19)16-30-21-10-12-29-13-11-21;/h5-9,14,21,28H,4,10-13,15-17H2,1-3H3,(H2,25,26,27);1H. The number of furan rings is 1. The van der Waals surface area contributed by atoms with Crippen molar-refractivity contribution in [2.24, 2.45) is 4.99 Å². The first-order chi connectivity index (χ1) is 15.0. The predicted octanol–water partition coefficient (Wildman–Crippen LogP) is 3.86. The van der Waals surface area contributed by atoms with Gasteiger partial charge in [0.1, 0.15) is 17.1 Å². The third-order valence-electron chi connectivity index (χ3n) is 5.28. The summed E-state index contributed by atoms with van der Waals surface area (Å²) in [6.07, 6.45) is 2.21. The summed E-state index contributed by atoms with van der Waals surface area (Å²) in [6, 6.07) is 12.0. The average Bonchev–Trinajstić information content (AvgIpc) is 3.23. The lowest BCUT2D eigenvalue weighted by atomic mass is 10.0. The van der Waals surface area contributed by atoms with Crippen molar-refractivity contribution in [2.75, 3.05) is 26.3 Å². The Balaban J connectivity index is 0.00000363. The highest BCUT2D eigenvalue weighted by Gasteiger charge is 2.27. The van der Waals surface area contributed by atoms with E-state index in [1.807, 2.05) is 26.0 Å². The first kappa shape index (κ1) is 26.6.